The molecule has 0 fully saturated rings. The van der Waals surface area contributed by atoms with E-state index in [9.17, 15) is 2.81 Å². The van der Waals surface area contributed by atoms with Crippen LogP contribution in [0, 0.1) is 5.92 Å². The summed E-state index contributed by atoms with van der Waals surface area (Å²) in [6, 6.07) is 0. The topological polar surface area (TPSA) is 17.1 Å². The van der Waals surface area contributed by atoms with Crippen LogP contribution >= 0.6 is 0 Å². The molecule has 0 atom stereocenters. The van der Waals surface area contributed by atoms with Gasteiger partial charge in [0.2, 0.25) is 0 Å². The molecule has 0 saturated heterocycles. The van der Waals surface area contributed by atoms with Gasteiger partial charge in [0.1, 0.15) is 0 Å². The van der Waals surface area contributed by atoms with Crippen molar-refractivity contribution in [3.05, 3.63) is 0 Å². The van der Waals surface area contributed by atoms with Crippen LogP contribution in [0.5, 0.6) is 0 Å². The Labute approximate surface area is 56.5 Å². The zero-order valence-electron chi connectivity index (χ0n) is 4.90. The first kappa shape index (κ1) is 7.68. The van der Waals surface area contributed by atoms with Crippen LogP contribution in [0.3, 0.4) is 0 Å². The fraction of sp³-hybridized carbons (Fsp3) is 1.00. The maximum absolute atomic E-state index is 10.0. The van der Waals surface area contributed by atoms with Crippen molar-refractivity contribution in [1.82, 2.24) is 0 Å². The fourth-order valence-electron chi connectivity index (χ4n) is 0.348. The molecule has 1 nitrogen and oxygen atoms in total. The van der Waals surface area contributed by atoms with Crippen molar-refractivity contribution >= 4 is 0 Å². The molecule has 0 amide bonds. The van der Waals surface area contributed by atoms with E-state index in [1.54, 1.807) is 0 Å². The first-order valence-electron chi connectivity index (χ1n) is 2.62. The van der Waals surface area contributed by atoms with Gasteiger partial charge in [0.25, 0.3) is 0 Å². The van der Waals surface area contributed by atoms with Crippen molar-refractivity contribution in [3.63, 3.8) is 0 Å². The molecule has 0 aromatic rings. The molecule has 0 aliphatic heterocycles. The molecule has 0 bridgehead atoms. The summed E-state index contributed by atoms with van der Waals surface area (Å²) in [7, 11) is 0. The molecule has 0 N–H and O–H groups in total. The van der Waals surface area contributed by atoms with Gasteiger partial charge in [-0.05, 0) is 0 Å². The second-order valence-corrected chi connectivity index (χ2v) is 4.02. The molecule has 0 spiro atoms. The molecule has 0 aromatic heterocycles. The summed E-state index contributed by atoms with van der Waals surface area (Å²) in [5.41, 5.74) is 0. The van der Waals surface area contributed by atoms with Gasteiger partial charge in [0, 0.05) is 0 Å². The van der Waals surface area contributed by atoms with Crippen LogP contribution in [0.1, 0.15) is 20.3 Å². The van der Waals surface area contributed by atoms with Crippen molar-refractivity contribution in [2.75, 3.05) is 0 Å². The molecule has 0 aromatic carbocycles. The molecule has 2 heteroatoms. The summed E-state index contributed by atoms with van der Waals surface area (Å²) in [6.45, 7) is 4.32. The normalized spacial score (nSPS) is 9.00. The minimum atomic E-state index is -1.10. The Morgan fingerprint density at radius 2 is 2.14 bits per heavy atom. The first-order valence-corrected chi connectivity index (χ1v) is 5.36. The molecule has 7 heavy (non-hydrogen) atoms. The molecule has 0 rings (SSSR count). The van der Waals surface area contributed by atoms with Crippen LogP contribution in [0.25, 0.3) is 0 Å². The molecule has 41 valence electrons. The maximum atomic E-state index is 10.0. The summed E-state index contributed by atoms with van der Waals surface area (Å²) in [4.78, 5) is 0. The Bertz CT molecular complexity index is 52.0. The Hall–Kier alpha value is 0.683. The predicted molar refractivity (Wildman–Crippen MR) is 24.9 cm³/mol. The Morgan fingerprint density at radius 3 is 2.29 bits per heavy atom. The van der Waals surface area contributed by atoms with Crippen LogP contribution in [0.4, 0.5) is 0 Å². The van der Waals surface area contributed by atoms with E-state index in [2.05, 4.69) is 13.8 Å². The van der Waals surface area contributed by atoms with Gasteiger partial charge in [0.05, 0.1) is 0 Å². The fourth-order valence-corrected chi connectivity index (χ4v) is 2.06. The average molecular weight is 178 g/mol. The second kappa shape index (κ2) is 4.83. The second-order valence-electron chi connectivity index (χ2n) is 2.08. The Kier molecular flexibility index (Phi) is 5.30. The van der Waals surface area contributed by atoms with E-state index in [1.165, 1.54) is 0 Å². The molecule has 0 radical (unpaired) electrons. The molecular formula is C5H11OZr. The van der Waals surface area contributed by atoms with Crippen LogP contribution in [0.15, 0.2) is 0 Å². The number of hydrogen-bond acceptors (Lipinski definition) is 1. The van der Waals surface area contributed by atoms with E-state index in [0.29, 0.717) is 0 Å². The van der Waals surface area contributed by atoms with Gasteiger partial charge in [-0.15, -0.1) is 0 Å². The minimum absolute atomic E-state index is 0.745. The predicted octanol–water partition coefficient (Wildman–Crippen LogP) is 1.88. The standard InChI is InChI=1S/C5H11.O.Zr/c1-4-5(2)3;;/h5H,1,4H2,2-3H3;;. The molecule has 0 saturated carbocycles. The van der Waals surface area contributed by atoms with Crippen molar-refractivity contribution in [3.8, 4) is 0 Å². The third-order valence-electron chi connectivity index (χ3n) is 0.824. The Morgan fingerprint density at radius 1 is 1.57 bits per heavy atom. The third-order valence-corrected chi connectivity index (χ3v) is 2.04. The molecule has 0 unspecified atom stereocenters. The van der Waals surface area contributed by atoms with E-state index < -0.39 is 23.2 Å². The van der Waals surface area contributed by atoms with Gasteiger partial charge < -0.3 is 0 Å². The van der Waals surface area contributed by atoms with E-state index in [0.717, 1.165) is 16.5 Å². The van der Waals surface area contributed by atoms with Gasteiger partial charge in [0.15, 0.2) is 0 Å². The summed E-state index contributed by atoms with van der Waals surface area (Å²) in [6.07, 6.45) is 1.16. The summed E-state index contributed by atoms with van der Waals surface area (Å²) < 4.78 is 11.0. The third kappa shape index (κ3) is 6.68. The van der Waals surface area contributed by atoms with Crippen LogP contribution in [0.2, 0.25) is 4.13 Å². The van der Waals surface area contributed by atoms with Crippen LogP contribution in [-0.4, -0.2) is 0 Å². The van der Waals surface area contributed by atoms with Crippen molar-refractivity contribution in [2.24, 2.45) is 5.92 Å². The molecule has 0 aliphatic carbocycles. The van der Waals surface area contributed by atoms with Gasteiger partial charge in [-0.2, -0.15) is 0 Å². The SMILES string of the molecule is CC(C)C[CH2][Zr]=[O]. The van der Waals surface area contributed by atoms with Gasteiger partial charge in [-0.1, -0.05) is 0 Å². The van der Waals surface area contributed by atoms with Crippen molar-refractivity contribution < 1.29 is 26.1 Å². The molecule has 0 aliphatic rings. The Balaban J connectivity index is 2.81. The quantitative estimate of drug-likeness (QED) is 0.645. The van der Waals surface area contributed by atoms with Crippen LogP contribution in [-0.2, 0) is 26.1 Å². The van der Waals surface area contributed by atoms with E-state index in [-0.39, 0.29) is 0 Å². The van der Waals surface area contributed by atoms with Crippen molar-refractivity contribution in [1.29, 1.82) is 0 Å². The van der Waals surface area contributed by atoms with Gasteiger partial charge in [-0.25, -0.2) is 0 Å². The zero-order valence-corrected chi connectivity index (χ0v) is 7.36. The zero-order chi connectivity index (χ0) is 5.70. The first-order chi connectivity index (χ1) is 3.27. The number of hydrogen-bond donors (Lipinski definition) is 0. The van der Waals surface area contributed by atoms with Gasteiger partial charge >= 0.3 is 56.4 Å². The molecular weight excluding hydrogens is 167 g/mol. The van der Waals surface area contributed by atoms with Gasteiger partial charge in [-0.3, -0.25) is 0 Å². The van der Waals surface area contributed by atoms with E-state index >= 15 is 0 Å². The van der Waals surface area contributed by atoms with Crippen molar-refractivity contribution in [2.45, 2.75) is 24.4 Å². The molecule has 0 heterocycles. The van der Waals surface area contributed by atoms with Crippen LogP contribution < -0.4 is 0 Å². The summed E-state index contributed by atoms with van der Waals surface area (Å²) >= 11 is -1.10. The van der Waals surface area contributed by atoms with E-state index in [4.69, 9.17) is 0 Å². The monoisotopic (exact) mass is 177 g/mol. The van der Waals surface area contributed by atoms with E-state index in [1.807, 2.05) is 0 Å². The number of rotatable bonds is 3. The average Bonchev–Trinajstić information content (AvgIpc) is 1.61. The summed E-state index contributed by atoms with van der Waals surface area (Å²) in [5, 5.41) is 0. The summed E-state index contributed by atoms with van der Waals surface area (Å²) in [5.74, 6) is 0.745.